The van der Waals surface area contributed by atoms with E-state index in [4.69, 9.17) is 39.9 Å². The van der Waals surface area contributed by atoms with Crippen molar-refractivity contribution >= 4 is 46.6 Å². The van der Waals surface area contributed by atoms with E-state index < -0.39 is 0 Å². The molecule has 1 aromatic heterocycles. The van der Waals surface area contributed by atoms with Crippen LogP contribution in [0.4, 0.5) is 0 Å². The number of benzene rings is 3. The maximum absolute atomic E-state index is 13.3. The smallest absolute Gasteiger partial charge is 0.272 e. The summed E-state index contributed by atoms with van der Waals surface area (Å²) in [4.78, 5) is 28.5. The van der Waals surface area contributed by atoms with Gasteiger partial charge in [-0.15, -0.1) is 0 Å². The zero-order chi connectivity index (χ0) is 37.6. The first kappa shape index (κ1) is 40.8. The summed E-state index contributed by atoms with van der Waals surface area (Å²) in [6.07, 6.45) is 13.7. The third-order valence-corrected chi connectivity index (χ3v) is 11.1. The Balaban J connectivity index is 1.00. The molecule has 2 atom stereocenters. The molecule has 1 fully saturated rings. The first-order valence-corrected chi connectivity index (χ1v) is 20.5. The van der Waals surface area contributed by atoms with Gasteiger partial charge >= 0.3 is 0 Å². The van der Waals surface area contributed by atoms with Crippen LogP contribution in [0.15, 0.2) is 72.8 Å². The number of hydrogen-bond donors (Lipinski definition) is 2. The van der Waals surface area contributed by atoms with Crippen molar-refractivity contribution in [2.24, 2.45) is 0 Å². The lowest BCUT2D eigenvalue weighted by atomic mass is 9.93. The number of aryl methyl sites for hydroxylation is 1. The minimum atomic E-state index is -0.204. The van der Waals surface area contributed by atoms with Crippen molar-refractivity contribution in [2.45, 2.75) is 109 Å². The summed E-state index contributed by atoms with van der Waals surface area (Å²) in [6.45, 7) is 6.34. The molecule has 2 amide bonds. The minimum Gasteiger partial charge on any atom is -0.351 e. The molecule has 0 radical (unpaired) electrons. The number of halogens is 3. The molecule has 2 heterocycles. The quantitative estimate of drug-likeness (QED) is 0.0929. The van der Waals surface area contributed by atoms with Gasteiger partial charge in [-0.3, -0.25) is 9.59 Å². The van der Waals surface area contributed by atoms with E-state index in [1.807, 2.05) is 38.1 Å². The number of nitrogens with one attached hydrogen (secondary N) is 2. The third-order valence-electron chi connectivity index (χ3n) is 10.4. The molecule has 5 rings (SSSR count). The van der Waals surface area contributed by atoms with Gasteiger partial charge in [0, 0.05) is 52.8 Å². The predicted molar refractivity (Wildman–Crippen MR) is 220 cm³/mol. The van der Waals surface area contributed by atoms with E-state index in [2.05, 4.69) is 45.9 Å². The summed E-state index contributed by atoms with van der Waals surface area (Å²) < 4.78 is 1.71. The Hall–Kier alpha value is -3.36. The maximum Gasteiger partial charge on any atom is 0.272 e. The molecule has 0 aliphatic carbocycles. The molecule has 1 aliphatic rings. The van der Waals surface area contributed by atoms with Crippen molar-refractivity contribution in [2.75, 3.05) is 19.6 Å². The highest BCUT2D eigenvalue weighted by Gasteiger charge is 2.28. The number of hydrogen-bond acceptors (Lipinski definition) is 4. The van der Waals surface area contributed by atoms with Crippen LogP contribution in [0.1, 0.15) is 106 Å². The van der Waals surface area contributed by atoms with Crippen molar-refractivity contribution in [3.63, 3.8) is 0 Å². The van der Waals surface area contributed by atoms with Gasteiger partial charge in [0.1, 0.15) is 0 Å². The van der Waals surface area contributed by atoms with Gasteiger partial charge in [-0.2, -0.15) is 5.10 Å². The summed E-state index contributed by atoms with van der Waals surface area (Å²) in [5, 5.41) is 13.1. The average molecular weight is 779 g/mol. The number of rotatable bonds is 19. The van der Waals surface area contributed by atoms with Gasteiger partial charge in [0.05, 0.1) is 16.4 Å². The van der Waals surface area contributed by atoms with E-state index in [9.17, 15) is 9.59 Å². The summed E-state index contributed by atoms with van der Waals surface area (Å²) in [5.41, 5.74) is 4.79. The normalized spacial score (nSPS) is 15.7. The third kappa shape index (κ3) is 11.8. The van der Waals surface area contributed by atoms with Crippen LogP contribution in [-0.4, -0.2) is 58.2 Å². The highest BCUT2D eigenvalue weighted by atomic mass is 35.5. The van der Waals surface area contributed by atoms with Crippen molar-refractivity contribution in [3.05, 3.63) is 105 Å². The maximum atomic E-state index is 13.3. The number of carbonyl (C=O) groups is 2. The molecular formula is C43H54Cl3N5O2. The zero-order valence-electron chi connectivity index (χ0n) is 31.2. The number of nitrogens with zero attached hydrogens (tertiary/aromatic N) is 3. The minimum absolute atomic E-state index is 0.204. The highest BCUT2D eigenvalue weighted by molar-refractivity contribution is 6.35. The molecule has 10 heteroatoms. The van der Waals surface area contributed by atoms with E-state index in [-0.39, 0.29) is 5.91 Å². The molecule has 1 aliphatic heterocycles. The standard InChI is InChI=1S/C43H54Cl3N5O2/c1-3-40(52)50(37-25-27-47-36(30-37)23-17-32-15-11-10-12-16-32)28-14-9-7-5-4-6-8-13-26-48-43(53)41-31(2)42(33-18-20-34(44)21-19-33)51(49-41)39-24-22-35(45)29-38(39)46/h10-12,15-16,18-22,24,29,36-37,47H,3-9,13-14,17,23,25-28,30H2,1-2H3,(H,48,53). The van der Waals surface area contributed by atoms with Crippen molar-refractivity contribution in [3.8, 4) is 16.9 Å². The molecule has 3 aromatic carbocycles. The van der Waals surface area contributed by atoms with Gasteiger partial charge in [-0.05, 0) is 87.9 Å². The van der Waals surface area contributed by atoms with Gasteiger partial charge in [0.2, 0.25) is 5.91 Å². The van der Waals surface area contributed by atoms with E-state index >= 15 is 0 Å². The number of unbranched alkanes of at least 4 members (excludes halogenated alkanes) is 7. The Morgan fingerprint density at radius 2 is 1.57 bits per heavy atom. The lowest BCUT2D eigenvalue weighted by Gasteiger charge is -2.38. The fraction of sp³-hybridized carbons (Fsp3) is 0.465. The molecule has 0 bridgehead atoms. The highest BCUT2D eigenvalue weighted by Crippen LogP contribution is 2.33. The van der Waals surface area contributed by atoms with Crippen LogP contribution in [0.25, 0.3) is 16.9 Å². The second kappa shape index (κ2) is 20.9. The SMILES string of the molecule is CCC(=O)N(CCCCCCCCCCNC(=O)c1nn(-c2ccc(Cl)cc2Cl)c(-c2ccc(Cl)cc2)c1C)C1CCNC(CCc2ccccc2)C1. The Kier molecular flexibility index (Phi) is 16.1. The van der Waals surface area contributed by atoms with E-state index in [1.54, 1.807) is 22.9 Å². The largest absolute Gasteiger partial charge is 0.351 e. The molecule has 284 valence electrons. The molecule has 53 heavy (non-hydrogen) atoms. The first-order valence-electron chi connectivity index (χ1n) is 19.4. The summed E-state index contributed by atoms with van der Waals surface area (Å²) in [5.74, 6) is 0.0894. The lowest BCUT2D eigenvalue weighted by molar-refractivity contribution is -0.134. The molecule has 4 aromatic rings. The monoisotopic (exact) mass is 777 g/mol. The molecule has 7 nitrogen and oxygen atoms in total. The second-order valence-electron chi connectivity index (χ2n) is 14.2. The van der Waals surface area contributed by atoms with Crippen molar-refractivity contribution in [1.82, 2.24) is 25.3 Å². The van der Waals surface area contributed by atoms with Crippen LogP contribution in [-0.2, 0) is 11.2 Å². The molecule has 2 unspecified atom stereocenters. The zero-order valence-corrected chi connectivity index (χ0v) is 33.5. The van der Waals surface area contributed by atoms with Crippen LogP contribution in [0, 0.1) is 6.92 Å². The van der Waals surface area contributed by atoms with E-state index in [0.29, 0.717) is 57.4 Å². The lowest BCUT2D eigenvalue weighted by Crippen LogP contribution is -2.50. The second-order valence-corrected chi connectivity index (χ2v) is 15.5. The Bertz CT molecular complexity index is 1760. The Labute approximate surface area is 330 Å². The van der Waals surface area contributed by atoms with Crippen molar-refractivity contribution < 1.29 is 9.59 Å². The van der Waals surface area contributed by atoms with Crippen LogP contribution in [0.2, 0.25) is 15.1 Å². The molecule has 0 spiro atoms. The number of piperidine rings is 1. The van der Waals surface area contributed by atoms with Gasteiger partial charge in [-0.1, -0.05) is 123 Å². The van der Waals surface area contributed by atoms with Crippen LogP contribution >= 0.6 is 34.8 Å². The first-order chi connectivity index (χ1) is 25.7. The number of amides is 2. The van der Waals surface area contributed by atoms with E-state index in [0.717, 1.165) is 87.7 Å². The van der Waals surface area contributed by atoms with Gasteiger partial charge in [0.25, 0.3) is 5.91 Å². The topological polar surface area (TPSA) is 79.3 Å². The Morgan fingerprint density at radius 3 is 2.26 bits per heavy atom. The Morgan fingerprint density at radius 1 is 0.887 bits per heavy atom. The van der Waals surface area contributed by atoms with Crippen LogP contribution in [0.3, 0.4) is 0 Å². The fourth-order valence-electron chi connectivity index (χ4n) is 7.43. The van der Waals surface area contributed by atoms with Gasteiger partial charge in [0.15, 0.2) is 5.69 Å². The fourth-order valence-corrected chi connectivity index (χ4v) is 8.04. The number of aromatic nitrogens is 2. The molecular weight excluding hydrogens is 725 g/mol. The predicted octanol–water partition coefficient (Wildman–Crippen LogP) is 10.7. The average Bonchev–Trinajstić information content (AvgIpc) is 3.51. The summed E-state index contributed by atoms with van der Waals surface area (Å²) in [6, 6.07) is 24.2. The van der Waals surface area contributed by atoms with E-state index in [1.165, 1.54) is 24.8 Å². The van der Waals surface area contributed by atoms with Gasteiger partial charge in [-0.25, -0.2) is 4.68 Å². The molecule has 1 saturated heterocycles. The van der Waals surface area contributed by atoms with Crippen LogP contribution < -0.4 is 10.6 Å². The summed E-state index contributed by atoms with van der Waals surface area (Å²) >= 11 is 18.9. The summed E-state index contributed by atoms with van der Waals surface area (Å²) in [7, 11) is 0. The van der Waals surface area contributed by atoms with Crippen LogP contribution in [0.5, 0.6) is 0 Å². The number of carbonyl (C=O) groups excluding carboxylic acids is 2. The van der Waals surface area contributed by atoms with Crippen molar-refractivity contribution in [1.29, 1.82) is 0 Å². The molecule has 2 N–H and O–H groups in total. The van der Waals surface area contributed by atoms with Gasteiger partial charge < -0.3 is 15.5 Å². The molecule has 0 saturated carbocycles.